The first-order valence-electron chi connectivity index (χ1n) is 8.24. The Morgan fingerprint density at radius 3 is 2.76 bits per heavy atom. The van der Waals surface area contributed by atoms with E-state index in [1.54, 1.807) is 17.0 Å². The Kier molecular flexibility index (Phi) is 8.31. The number of hydrogen-bond acceptors (Lipinski definition) is 4. The first kappa shape index (κ1) is 21.9. The van der Waals surface area contributed by atoms with E-state index < -0.39 is 9.84 Å². The molecular weight excluding hydrogens is 367 g/mol. The van der Waals surface area contributed by atoms with Crippen LogP contribution < -0.4 is 5.32 Å². The van der Waals surface area contributed by atoms with E-state index in [9.17, 15) is 17.6 Å². The van der Waals surface area contributed by atoms with Crippen molar-refractivity contribution >= 4 is 28.2 Å². The summed E-state index contributed by atoms with van der Waals surface area (Å²) in [6.45, 7) is 5.36. The lowest BCUT2D eigenvalue weighted by molar-refractivity contribution is -0.134. The molecule has 25 heavy (non-hydrogen) atoms. The first-order chi connectivity index (χ1) is 11.3. The van der Waals surface area contributed by atoms with Crippen LogP contribution in [0.3, 0.4) is 0 Å². The predicted octanol–water partition coefficient (Wildman–Crippen LogP) is 2.18. The SMILES string of the molecule is CC(C)CS(=O)(=O)CCC(=O)N1CCNCC1c1cccc(F)c1.Cl. The van der Waals surface area contributed by atoms with Gasteiger partial charge in [0, 0.05) is 26.1 Å². The first-order valence-corrected chi connectivity index (χ1v) is 10.1. The molecule has 1 amide bonds. The number of hydrogen-bond donors (Lipinski definition) is 1. The summed E-state index contributed by atoms with van der Waals surface area (Å²) in [6.07, 6.45) is -0.0269. The van der Waals surface area contributed by atoms with Gasteiger partial charge >= 0.3 is 0 Å². The number of carbonyl (C=O) groups is 1. The van der Waals surface area contributed by atoms with Crippen molar-refractivity contribution in [2.24, 2.45) is 5.92 Å². The highest BCUT2D eigenvalue weighted by molar-refractivity contribution is 7.91. The quantitative estimate of drug-likeness (QED) is 0.805. The molecule has 2 rings (SSSR count). The number of sulfone groups is 1. The molecule has 0 radical (unpaired) electrons. The third-order valence-electron chi connectivity index (χ3n) is 4.01. The number of nitrogens with zero attached hydrogens (tertiary/aromatic N) is 1. The maximum Gasteiger partial charge on any atom is 0.224 e. The third-order valence-corrected chi connectivity index (χ3v) is 6.01. The number of piperazine rings is 1. The summed E-state index contributed by atoms with van der Waals surface area (Å²) in [5, 5.41) is 3.20. The Bertz CT molecular complexity index is 682. The molecule has 0 aliphatic carbocycles. The summed E-state index contributed by atoms with van der Waals surface area (Å²) < 4.78 is 37.5. The van der Waals surface area contributed by atoms with Crippen LogP contribution >= 0.6 is 12.4 Å². The lowest BCUT2D eigenvalue weighted by Crippen LogP contribution is -2.49. The van der Waals surface area contributed by atoms with Crippen LogP contribution in [0.25, 0.3) is 0 Å². The molecule has 8 heteroatoms. The van der Waals surface area contributed by atoms with Crippen LogP contribution in [0.4, 0.5) is 4.39 Å². The van der Waals surface area contributed by atoms with Crippen molar-refractivity contribution in [3.05, 3.63) is 35.6 Å². The Morgan fingerprint density at radius 2 is 2.12 bits per heavy atom. The van der Waals surface area contributed by atoms with E-state index in [2.05, 4.69) is 5.32 Å². The second-order valence-electron chi connectivity index (χ2n) is 6.62. The number of amides is 1. The van der Waals surface area contributed by atoms with Gasteiger partial charge in [-0.15, -0.1) is 12.4 Å². The molecule has 0 bridgehead atoms. The second-order valence-corrected chi connectivity index (χ2v) is 8.85. The van der Waals surface area contributed by atoms with Crippen LogP contribution in [0, 0.1) is 11.7 Å². The monoisotopic (exact) mass is 392 g/mol. The van der Waals surface area contributed by atoms with E-state index in [-0.39, 0.29) is 54.0 Å². The van der Waals surface area contributed by atoms with E-state index in [4.69, 9.17) is 0 Å². The Hall–Kier alpha value is -1.18. The molecule has 0 saturated carbocycles. The second kappa shape index (κ2) is 9.50. The minimum atomic E-state index is -3.23. The number of halogens is 2. The molecule has 1 fully saturated rings. The fourth-order valence-corrected chi connectivity index (χ4v) is 4.66. The minimum Gasteiger partial charge on any atom is -0.333 e. The van der Waals surface area contributed by atoms with Crippen LogP contribution in [0.15, 0.2) is 24.3 Å². The number of nitrogens with one attached hydrogen (secondary N) is 1. The molecule has 0 spiro atoms. The van der Waals surface area contributed by atoms with Crippen molar-refractivity contribution in [1.82, 2.24) is 10.2 Å². The van der Waals surface area contributed by atoms with Gasteiger partial charge in [0.25, 0.3) is 0 Å². The predicted molar refractivity (Wildman–Crippen MR) is 99.1 cm³/mol. The Labute approximate surface area is 155 Å². The average molecular weight is 393 g/mol. The molecule has 1 aliphatic rings. The molecule has 1 unspecified atom stereocenters. The van der Waals surface area contributed by atoms with Gasteiger partial charge in [-0.3, -0.25) is 4.79 Å². The molecule has 1 aromatic carbocycles. The van der Waals surface area contributed by atoms with Gasteiger partial charge in [-0.25, -0.2) is 12.8 Å². The van der Waals surface area contributed by atoms with Gasteiger partial charge in [-0.05, 0) is 23.6 Å². The van der Waals surface area contributed by atoms with E-state index in [0.29, 0.717) is 19.6 Å². The van der Waals surface area contributed by atoms with Crippen molar-refractivity contribution in [2.75, 3.05) is 31.1 Å². The molecule has 1 heterocycles. The molecule has 1 aliphatic heterocycles. The van der Waals surface area contributed by atoms with Crippen molar-refractivity contribution in [2.45, 2.75) is 26.3 Å². The Morgan fingerprint density at radius 1 is 1.40 bits per heavy atom. The van der Waals surface area contributed by atoms with Crippen molar-refractivity contribution in [1.29, 1.82) is 0 Å². The van der Waals surface area contributed by atoms with Gasteiger partial charge in [0.2, 0.25) is 5.91 Å². The largest absolute Gasteiger partial charge is 0.333 e. The lowest BCUT2D eigenvalue weighted by Gasteiger charge is -2.36. The van der Waals surface area contributed by atoms with Gasteiger partial charge in [0.15, 0.2) is 9.84 Å². The molecule has 5 nitrogen and oxygen atoms in total. The van der Waals surface area contributed by atoms with E-state index >= 15 is 0 Å². The van der Waals surface area contributed by atoms with Crippen molar-refractivity contribution in [3.63, 3.8) is 0 Å². The zero-order valence-electron chi connectivity index (χ0n) is 14.6. The van der Waals surface area contributed by atoms with Crippen molar-refractivity contribution < 1.29 is 17.6 Å². The van der Waals surface area contributed by atoms with Gasteiger partial charge in [-0.1, -0.05) is 26.0 Å². The summed E-state index contributed by atoms with van der Waals surface area (Å²) in [4.78, 5) is 14.2. The van der Waals surface area contributed by atoms with Crippen LogP contribution in [0.1, 0.15) is 31.9 Å². The minimum absolute atomic E-state index is 0. The molecule has 1 atom stereocenters. The van der Waals surface area contributed by atoms with Crippen LogP contribution in [0.2, 0.25) is 0 Å². The molecular formula is C17H26ClFN2O3S. The highest BCUT2D eigenvalue weighted by atomic mass is 35.5. The topological polar surface area (TPSA) is 66.5 Å². The number of rotatable bonds is 6. The van der Waals surface area contributed by atoms with Crippen LogP contribution in [-0.4, -0.2) is 50.4 Å². The molecule has 1 aromatic rings. The highest BCUT2D eigenvalue weighted by Gasteiger charge is 2.28. The summed E-state index contributed by atoms with van der Waals surface area (Å²) in [5.74, 6) is -0.536. The number of carbonyl (C=O) groups excluding carboxylic acids is 1. The van der Waals surface area contributed by atoms with E-state index in [1.165, 1.54) is 12.1 Å². The number of benzene rings is 1. The zero-order chi connectivity index (χ0) is 17.7. The molecule has 1 saturated heterocycles. The normalized spacial score (nSPS) is 18.1. The summed E-state index contributed by atoms with van der Waals surface area (Å²) in [7, 11) is -3.23. The van der Waals surface area contributed by atoms with Gasteiger partial charge in [-0.2, -0.15) is 0 Å². The van der Waals surface area contributed by atoms with Gasteiger partial charge in [0.05, 0.1) is 17.5 Å². The third kappa shape index (κ3) is 6.56. The van der Waals surface area contributed by atoms with Crippen molar-refractivity contribution in [3.8, 4) is 0 Å². The zero-order valence-corrected chi connectivity index (χ0v) is 16.2. The summed E-state index contributed by atoms with van der Waals surface area (Å²) >= 11 is 0. The van der Waals surface area contributed by atoms with E-state index in [0.717, 1.165) is 5.56 Å². The van der Waals surface area contributed by atoms with Gasteiger partial charge < -0.3 is 10.2 Å². The molecule has 0 aromatic heterocycles. The molecule has 142 valence electrons. The highest BCUT2D eigenvalue weighted by Crippen LogP contribution is 2.23. The fourth-order valence-electron chi connectivity index (χ4n) is 2.99. The van der Waals surface area contributed by atoms with E-state index in [1.807, 2.05) is 13.8 Å². The summed E-state index contributed by atoms with van der Waals surface area (Å²) in [5.41, 5.74) is 0.723. The summed E-state index contributed by atoms with van der Waals surface area (Å²) in [6, 6.07) is 5.93. The fraction of sp³-hybridized carbons (Fsp3) is 0.588. The lowest BCUT2D eigenvalue weighted by atomic mass is 10.0. The Balaban J connectivity index is 0.00000312. The van der Waals surface area contributed by atoms with Crippen LogP contribution in [0.5, 0.6) is 0 Å². The smallest absolute Gasteiger partial charge is 0.224 e. The average Bonchev–Trinajstić information content (AvgIpc) is 2.51. The standard InChI is InChI=1S/C17H25FN2O3S.ClH/c1-13(2)12-24(22,23)9-6-17(21)20-8-7-19-11-16(20)14-4-3-5-15(18)10-14;/h3-5,10,13,16,19H,6-9,11-12H2,1-2H3;1H. The molecule has 1 N–H and O–H groups in total. The van der Waals surface area contributed by atoms with Crippen LogP contribution in [-0.2, 0) is 14.6 Å². The van der Waals surface area contributed by atoms with Gasteiger partial charge in [0.1, 0.15) is 5.82 Å². The maximum absolute atomic E-state index is 13.5. The maximum atomic E-state index is 13.5.